The highest BCUT2D eigenvalue weighted by atomic mass is 16.5. The van der Waals surface area contributed by atoms with Crippen molar-refractivity contribution in [2.24, 2.45) is 0 Å². The van der Waals surface area contributed by atoms with Gasteiger partial charge in [-0.3, -0.25) is 19.3 Å². The summed E-state index contributed by atoms with van der Waals surface area (Å²) in [5.74, 6) is 0.354. The first-order chi connectivity index (χ1) is 12.1. The Bertz CT molecular complexity index is 676. The normalized spacial score (nSPS) is 19.6. The molecule has 0 aliphatic carbocycles. The first kappa shape index (κ1) is 17.3. The highest BCUT2D eigenvalue weighted by Gasteiger charge is 2.32. The zero-order chi connectivity index (χ0) is 17.8. The Balaban J connectivity index is 1.50. The summed E-state index contributed by atoms with van der Waals surface area (Å²) >= 11 is 0. The number of ether oxygens (including phenoxy) is 1. The molecule has 1 fully saturated rings. The zero-order valence-electron chi connectivity index (χ0n) is 14.4. The van der Waals surface area contributed by atoms with Crippen molar-refractivity contribution in [1.82, 2.24) is 10.2 Å². The third-order valence-electron chi connectivity index (χ3n) is 4.47. The van der Waals surface area contributed by atoms with Crippen LogP contribution < -0.4 is 15.0 Å². The quantitative estimate of drug-likeness (QED) is 0.778. The van der Waals surface area contributed by atoms with Gasteiger partial charge in [0, 0.05) is 26.1 Å². The molecule has 7 heteroatoms. The maximum Gasteiger partial charge on any atom is 0.268 e. The molecular weight excluding hydrogens is 322 g/mol. The van der Waals surface area contributed by atoms with E-state index in [-0.39, 0.29) is 24.3 Å². The van der Waals surface area contributed by atoms with E-state index >= 15 is 0 Å². The van der Waals surface area contributed by atoms with Crippen molar-refractivity contribution < 1.29 is 19.1 Å². The van der Waals surface area contributed by atoms with Crippen LogP contribution in [0.25, 0.3) is 0 Å². The summed E-state index contributed by atoms with van der Waals surface area (Å²) in [7, 11) is 0. The van der Waals surface area contributed by atoms with Crippen LogP contribution in [-0.2, 0) is 14.4 Å². The van der Waals surface area contributed by atoms with Crippen LogP contribution in [0, 0.1) is 0 Å². The average molecular weight is 345 g/mol. The molecule has 0 bridgehead atoms. The molecule has 1 aromatic rings. The lowest BCUT2D eigenvalue weighted by Gasteiger charge is -2.32. The number of fused-ring (bicyclic) bond motifs is 1. The van der Waals surface area contributed by atoms with Crippen LogP contribution in [0.15, 0.2) is 24.3 Å². The smallest absolute Gasteiger partial charge is 0.268 e. The van der Waals surface area contributed by atoms with Crippen LogP contribution in [0.1, 0.15) is 26.2 Å². The van der Waals surface area contributed by atoms with E-state index < -0.39 is 6.10 Å². The van der Waals surface area contributed by atoms with E-state index in [9.17, 15) is 14.4 Å². The molecule has 3 rings (SSSR count). The molecule has 2 aliphatic heterocycles. The lowest BCUT2D eigenvalue weighted by molar-refractivity contribution is -0.128. The highest BCUT2D eigenvalue weighted by Crippen LogP contribution is 2.33. The van der Waals surface area contributed by atoms with Crippen molar-refractivity contribution in [1.29, 1.82) is 0 Å². The van der Waals surface area contributed by atoms with Gasteiger partial charge in [0.1, 0.15) is 12.3 Å². The molecule has 1 saturated heterocycles. The van der Waals surface area contributed by atoms with Gasteiger partial charge in [-0.2, -0.15) is 0 Å². The van der Waals surface area contributed by atoms with E-state index in [1.807, 2.05) is 17.0 Å². The lowest BCUT2D eigenvalue weighted by Crippen LogP contribution is -2.49. The summed E-state index contributed by atoms with van der Waals surface area (Å²) in [6.45, 7) is 3.60. The molecule has 1 aromatic carbocycles. The largest absolute Gasteiger partial charge is 0.479 e. The number of nitrogens with zero attached hydrogens (tertiary/aromatic N) is 2. The average Bonchev–Trinajstić information content (AvgIpc) is 3.01. The summed E-state index contributed by atoms with van der Waals surface area (Å²) in [5.41, 5.74) is 0.614. The third-order valence-corrected chi connectivity index (χ3v) is 4.47. The Morgan fingerprint density at radius 3 is 2.88 bits per heavy atom. The molecule has 1 unspecified atom stereocenters. The SMILES string of the molecule is CC1Oc2ccccc2N(CC(=O)NCCCN2CCCC2=O)C1=O. The number of amides is 3. The Morgan fingerprint density at radius 1 is 1.32 bits per heavy atom. The molecule has 0 saturated carbocycles. The number of para-hydroxylation sites is 2. The fourth-order valence-corrected chi connectivity index (χ4v) is 3.16. The lowest BCUT2D eigenvalue weighted by atomic mass is 10.2. The van der Waals surface area contributed by atoms with Gasteiger partial charge in [-0.25, -0.2) is 0 Å². The second-order valence-corrected chi connectivity index (χ2v) is 6.34. The van der Waals surface area contributed by atoms with Crippen LogP contribution in [0.3, 0.4) is 0 Å². The van der Waals surface area contributed by atoms with Crippen LogP contribution >= 0.6 is 0 Å². The summed E-state index contributed by atoms with van der Waals surface area (Å²) in [4.78, 5) is 39.4. The Morgan fingerprint density at radius 2 is 2.12 bits per heavy atom. The summed E-state index contributed by atoms with van der Waals surface area (Å²) in [5, 5.41) is 2.82. The molecule has 0 radical (unpaired) electrons. The fraction of sp³-hybridized carbons (Fsp3) is 0.500. The number of carbonyl (C=O) groups is 3. The number of rotatable bonds is 6. The van der Waals surface area contributed by atoms with Crippen LogP contribution in [0.5, 0.6) is 5.75 Å². The van der Waals surface area contributed by atoms with Crippen LogP contribution in [0.2, 0.25) is 0 Å². The molecule has 2 heterocycles. The molecule has 1 atom stereocenters. The minimum atomic E-state index is -0.608. The number of hydrogen-bond donors (Lipinski definition) is 1. The highest BCUT2D eigenvalue weighted by molar-refractivity contribution is 6.03. The summed E-state index contributed by atoms with van der Waals surface area (Å²) in [6.07, 6.45) is 1.65. The first-order valence-electron chi connectivity index (χ1n) is 8.68. The van der Waals surface area contributed by atoms with Gasteiger partial charge >= 0.3 is 0 Å². The molecule has 1 N–H and O–H groups in total. The van der Waals surface area contributed by atoms with Gasteiger partial charge in [0.05, 0.1) is 5.69 Å². The second-order valence-electron chi connectivity index (χ2n) is 6.34. The van der Waals surface area contributed by atoms with Crippen molar-refractivity contribution in [2.75, 3.05) is 31.1 Å². The van der Waals surface area contributed by atoms with Crippen molar-refractivity contribution in [3.05, 3.63) is 24.3 Å². The van der Waals surface area contributed by atoms with Crippen LogP contribution in [-0.4, -0.2) is 54.9 Å². The predicted molar refractivity (Wildman–Crippen MR) is 92.3 cm³/mol. The van der Waals surface area contributed by atoms with Crippen LogP contribution in [0.4, 0.5) is 5.69 Å². The maximum absolute atomic E-state index is 12.3. The topological polar surface area (TPSA) is 79.0 Å². The maximum atomic E-state index is 12.3. The van der Waals surface area contributed by atoms with E-state index in [1.165, 1.54) is 4.90 Å². The summed E-state index contributed by atoms with van der Waals surface area (Å²) < 4.78 is 5.56. The van der Waals surface area contributed by atoms with Gasteiger partial charge in [0.15, 0.2) is 6.10 Å². The Labute approximate surface area is 146 Å². The predicted octanol–water partition coefficient (Wildman–Crippen LogP) is 0.929. The van der Waals surface area contributed by atoms with Gasteiger partial charge < -0.3 is 15.0 Å². The van der Waals surface area contributed by atoms with Gasteiger partial charge in [-0.1, -0.05) is 12.1 Å². The Kier molecular flexibility index (Phi) is 5.21. The summed E-state index contributed by atoms with van der Waals surface area (Å²) in [6, 6.07) is 7.20. The number of anilines is 1. The zero-order valence-corrected chi connectivity index (χ0v) is 14.4. The number of benzene rings is 1. The Hall–Kier alpha value is -2.57. The fourth-order valence-electron chi connectivity index (χ4n) is 3.16. The van der Waals surface area contributed by atoms with E-state index in [0.717, 1.165) is 13.0 Å². The minimum Gasteiger partial charge on any atom is -0.479 e. The minimum absolute atomic E-state index is 0.0355. The number of hydrogen-bond acceptors (Lipinski definition) is 4. The number of carbonyl (C=O) groups excluding carboxylic acids is 3. The monoisotopic (exact) mass is 345 g/mol. The molecule has 134 valence electrons. The molecule has 25 heavy (non-hydrogen) atoms. The second kappa shape index (κ2) is 7.55. The van der Waals surface area contributed by atoms with E-state index in [4.69, 9.17) is 4.74 Å². The van der Waals surface area contributed by atoms with Gasteiger partial charge in [-0.15, -0.1) is 0 Å². The van der Waals surface area contributed by atoms with Crippen molar-refractivity contribution in [3.63, 3.8) is 0 Å². The third kappa shape index (κ3) is 3.92. The first-order valence-corrected chi connectivity index (χ1v) is 8.68. The van der Waals surface area contributed by atoms with Crippen molar-refractivity contribution in [2.45, 2.75) is 32.3 Å². The number of likely N-dealkylation sites (tertiary alicyclic amines) is 1. The van der Waals surface area contributed by atoms with Gasteiger partial charge in [0.2, 0.25) is 11.8 Å². The molecule has 2 aliphatic rings. The molecule has 3 amide bonds. The van der Waals surface area contributed by atoms with Gasteiger partial charge in [0.25, 0.3) is 5.91 Å². The molecule has 0 spiro atoms. The van der Waals surface area contributed by atoms with Gasteiger partial charge in [-0.05, 0) is 31.9 Å². The van der Waals surface area contributed by atoms with Crippen molar-refractivity contribution in [3.8, 4) is 5.75 Å². The molecule has 0 aromatic heterocycles. The molecular formula is C18H23N3O4. The molecule has 7 nitrogen and oxygen atoms in total. The van der Waals surface area contributed by atoms with E-state index in [1.54, 1.807) is 19.1 Å². The van der Waals surface area contributed by atoms with Crippen molar-refractivity contribution >= 4 is 23.4 Å². The van der Waals surface area contributed by atoms with E-state index in [2.05, 4.69) is 5.32 Å². The number of nitrogens with one attached hydrogen (secondary N) is 1. The standard InChI is InChI=1S/C18H23N3O4/c1-13-18(24)21(14-6-2-3-7-15(14)25-13)12-16(22)19-9-5-11-20-10-4-8-17(20)23/h2-3,6-7,13H,4-5,8-12H2,1H3,(H,19,22). The van der Waals surface area contributed by atoms with E-state index in [0.29, 0.717) is 37.4 Å².